The number of ether oxygens (including phenoxy) is 1. The van der Waals surface area contributed by atoms with E-state index in [4.69, 9.17) is 4.74 Å². The van der Waals surface area contributed by atoms with E-state index in [1.54, 1.807) is 0 Å². The van der Waals surface area contributed by atoms with E-state index in [0.29, 0.717) is 13.0 Å². The van der Waals surface area contributed by atoms with E-state index in [2.05, 4.69) is 10.6 Å². The summed E-state index contributed by atoms with van der Waals surface area (Å²) in [5.41, 5.74) is 0. The van der Waals surface area contributed by atoms with Gasteiger partial charge >= 0.3 is 0 Å². The summed E-state index contributed by atoms with van der Waals surface area (Å²) in [7, 11) is -3.73. The van der Waals surface area contributed by atoms with Crippen LogP contribution in [0.5, 0.6) is 0 Å². The lowest BCUT2D eigenvalue weighted by molar-refractivity contribution is -0.141. The number of fused-ring (bicyclic) bond motifs is 6. The molecule has 4 heterocycles. The Morgan fingerprint density at radius 3 is 2.37 bits per heavy atom. The van der Waals surface area contributed by atoms with Gasteiger partial charge in [0.2, 0.25) is 27.7 Å². The number of aliphatic hydroxyl groups excluding tert-OH is 2. The lowest BCUT2D eigenvalue weighted by Crippen LogP contribution is -2.63. The van der Waals surface area contributed by atoms with E-state index < -0.39 is 52.4 Å². The standard InChI is InChI=1S/C21H35N5O8S/c1-11(2)25-9-12-6-13(25)21(31)24-4-5-26(35(3,32)33)14(10-24)20(30)22-8-16-19(29)18(28)15(34-16)7-17(27)23-12/h11-16,18-19,28-29H,4-10H2,1-3H3,(H,22,30)(H,23,27)/t12-,13-,14-,15-,16+,18-,19+/m0/s1. The Bertz CT molecular complexity index is 961. The van der Waals surface area contributed by atoms with Gasteiger partial charge < -0.3 is 30.5 Å². The fourth-order valence-electron chi connectivity index (χ4n) is 5.52. The molecule has 0 aliphatic carbocycles. The van der Waals surface area contributed by atoms with Gasteiger partial charge in [0.1, 0.15) is 24.4 Å². The molecule has 0 radical (unpaired) electrons. The molecule has 7 atom stereocenters. The third kappa shape index (κ3) is 5.32. The highest BCUT2D eigenvalue weighted by Gasteiger charge is 2.47. The molecule has 4 aliphatic heterocycles. The summed E-state index contributed by atoms with van der Waals surface area (Å²) < 4.78 is 31.5. The van der Waals surface area contributed by atoms with Gasteiger partial charge in [0.25, 0.3) is 0 Å². The summed E-state index contributed by atoms with van der Waals surface area (Å²) in [4.78, 5) is 42.8. The van der Waals surface area contributed by atoms with Crippen LogP contribution in [0.25, 0.3) is 0 Å². The van der Waals surface area contributed by atoms with Crippen LogP contribution < -0.4 is 10.6 Å². The van der Waals surface area contributed by atoms with Crippen molar-refractivity contribution in [1.82, 2.24) is 24.7 Å². The van der Waals surface area contributed by atoms with Gasteiger partial charge in [-0.2, -0.15) is 4.31 Å². The quantitative estimate of drug-likeness (QED) is 0.290. The lowest BCUT2D eigenvalue weighted by Gasteiger charge is -2.41. The molecule has 4 fully saturated rings. The van der Waals surface area contributed by atoms with E-state index in [1.807, 2.05) is 18.7 Å². The molecule has 4 rings (SSSR count). The summed E-state index contributed by atoms with van der Waals surface area (Å²) in [5.74, 6) is -1.19. The monoisotopic (exact) mass is 517 g/mol. The number of hydrogen-bond acceptors (Lipinski definition) is 9. The van der Waals surface area contributed by atoms with Crippen molar-refractivity contribution in [1.29, 1.82) is 0 Å². The number of hydrogen-bond donors (Lipinski definition) is 4. The molecule has 0 aromatic heterocycles. The minimum Gasteiger partial charge on any atom is -0.388 e. The van der Waals surface area contributed by atoms with Crippen LogP contribution in [0.3, 0.4) is 0 Å². The number of carbonyl (C=O) groups excluding carboxylic acids is 3. The van der Waals surface area contributed by atoms with Crippen molar-refractivity contribution in [2.45, 2.75) is 75.3 Å². The largest absolute Gasteiger partial charge is 0.388 e. The first-order valence-corrected chi connectivity index (χ1v) is 13.8. The molecule has 0 unspecified atom stereocenters. The number of nitrogens with zero attached hydrogens (tertiary/aromatic N) is 3. The van der Waals surface area contributed by atoms with Crippen molar-refractivity contribution < 1.29 is 37.8 Å². The van der Waals surface area contributed by atoms with E-state index in [-0.39, 0.29) is 56.5 Å². The Kier molecular flexibility index (Phi) is 7.42. The summed E-state index contributed by atoms with van der Waals surface area (Å²) in [6.45, 7) is 4.17. The molecule has 14 heteroatoms. The maximum Gasteiger partial charge on any atom is 0.240 e. The third-order valence-electron chi connectivity index (χ3n) is 7.35. The van der Waals surface area contributed by atoms with E-state index >= 15 is 0 Å². The maximum absolute atomic E-state index is 13.6. The second-order valence-electron chi connectivity index (χ2n) is 10.1. The van der Waals surface area contributed by atoms with Crippen molar-refractivity contribution in [3.05, 3.63) is 0 Å². The molecule has 0 aromatic carbocycles. The Morgan fingerprint density at radius 1 is 1.03 bits per heavy atom. The van der Waals surface area contributed by atoms with Gasteiger partial charge in [-0.05, 0) is 20.3 Å². The molecule has 4 aliphatic rings. The van der Waals surface area contributed by atoms with E-state index in [9.17, 15) is 33.0 Å². The van der Waals surface area contributed by atoms with Gasteiger partial charge in [0, 0.05) is 44.8 Å². The molecule has 0 saturated carbocycles. The topological polar surface area (TPSA) is 169 Å². The molecule has 4 saturated heterocycles. The number of amides is 3. The Balaban J connectivity index is 1.64. The van der Waals surface area contributed by atoms with Gasteiger partial charge in [-0.3, -0.25) is 19.3 Å². The zero-order chi connectivity index (χ0) is 25.7. The number of piperazine rings is 1. The highest BCUT2D eigenvalue weighted by molar-refractivity contribution is 7.88. The molecule has 13 nitrogen and oxygen atoms in total. The summed E-state index contributed by atoms with van der Waals surface area (Å²) in [6.07, 6.45) is -3.38. The van der Waals surface area contributed by atoms with Gasteiger partial charge in [-0.25, -0.2) is 8.42 Å². The summed E-state index contributed by atoms with van der Waals surface area (Å²) in [5, 5.41) is 26.3. The van der Waals surface area contributed by atoms with Gasteiger partial charge in [-0.1, -0.05) is 0 Å². The first-order chi connectivity index (χ1) is 16.4. The molecule has 198 valence electrons. The molecule has 4 N–H and O–H groups in total. The zero-order valence-corrected chi connectivity index (χ0v) is 21.0. The lowest BCUT2D eigenvalue weighted by atomic mass is 10.0. The molecule has 3 amide bonds. The first-order valence-electron chi connectivity index (χ1n) is 12.0. The SMILES string of the molecule is CC(C)N1C[C@@H]2C[C@H]1C(=O)N1CCN(S(C)(=O)=O)[C@@H](C1)C(=O)NC[C@H]1O[C@@H](CC(=O)N2)[C@H](O)[C@@H]1O. The average Bonchev–Trinajstić information content (AvgIpc) is 3.32. The van der Waals surface area contributed by atoms with Crippen molar-refractivity contribution in [3.8, 4) is 0 Å². The van der Waals surface area contributed by atoms with Gasteiger partial charge in [0.15, 0.2) is 0 Å². The van der Waals surface area contributed by atoms with Gasteiger partial charge in [-0.15, -0.1) is 0 Å². The number of aliphatic hydroxyl groups is 2. The minimum absolute atomic E-state index is 0.0141. The Labute approximate surface area is 204 Å². The molecule has 0 aromatic rings. The third-order valence-corrected chi connectivity index (χ3v) is 8.64. The minimum atomic E-state index is -3.73. The normalized spacial score (nSPS) is 38.1. The first kappa shape index (κ1) is 26.2. The second-order valence-corrected chi connectivity index (χ2v) is 12.1. The number of sulfonamides is 1. The molecule has 0 spiro atoms. The number of likely N-dealkylation sites (tertiary alicyclic amines) is 1. The molecular weight excluding hydrogens is 482 g/mol. The molecule has 6 bridgehead atoms. The van der Waals surface area contributed by atoms with E-state index in [1.165, 1.54) is 4.90 Å². The smallest absolute Gasteiger partial charge is 0.240 e. The Hall–Kier alpha value is -1.84. The highest BCUT2D eigenvalue weighted by Crippen LogP contribution is 2.27. The average molecular weight is 518 g/mol. The molecular formula is C21H35N5O8S. The van der Waals surface area contributed by atoms with Crippen molar-refractivity contribution in [2.75, 3.05) is 39.0 Å². The van der Waals surface area contributed by atoms with Crippen LogP contribution >= 0.6 is 0 Å². The zero-order valence-electron chi connectivity index (χ0n) is 20.2. The van der Waals surface area contributed by atoms with Crippen molar-refractivity contribution >= 4 is 27.7 Å². The van der Waals surface area contributed by atoms with Crippen LogP contribution in [0.4, 0.5) is 0 Å². The summed E-state index contributed by atoms with van der Waals surface area (Å²) >= 11 is 0. The van der Waals surface area contributed by atoms with Crippen LogP contribution in [0.15, 0.2) is 0 Å². The second kappa shape index (κ2) is 9.90. The Morgan fingerprint density at radius 2 is 1.71 bits per heavy atom. The number of rotatable bonds is 2. The van der Waals surface area contributed by atoms with Crippen molar-refractivity contribution in [3.63, 3.8) is 0 Å². The number of carbonyl (C=O) groups is 3. The van der Waals surface area contributed by atoms with Crippen LogP contribution in [0.1, 0.15) is 26.7 Å². The number of nitrogens with one attached hydrogen (secondary N) is 2. The van der Waals surface area contributed by atoms with Crippen LogP contribution in [0, 0.1) is 0 Å². The predicted octanol–water partition coefficient (Wildman–Crippen LogP) is -3.56. The van der Waals surface area contributed by atoms with Crippen LogP contribution in [-0.2, 0) is 29.1 Å². The van der Waals surface area contributed by atoms with E-state index in [0.717, 1.165) is 10.6 Å². The highest BCUT2D eigenvalue weighted by atomic mass is 32.2. The van der Waals surface area contributed by atoms with Crippen LogP contribution in [-0.4, -0.2) is 138 Å². The van der Waals surface area contributed by atoms with Gasteiger partial charge in [0.05, 0.1) is 24.8 Å². The fourth-order valence-corrected chi connectivity index (χ4v) is 6.56. The summed E-state index contributed by atoms with van der Waals surface area (Å²) in [6, 6.07) is -1.96. The maximum atomic E-state index is 13.6. The molecule has 35 heavy (non-hydrogen) atoms. The van der Waals surface area contributed by atoms with Crippen LogP contribution in [0.2, 0.25) is 0 Å². The fraction of sp³-hybridized carbons (Fsp3) is 0.857. The van der Waals surface area contributed by atoms with Crippen molar-refractivity contribution in [2.24, 2.45) is 0 Å². The predicted molar refractivity (Wildman–Crippen MR) is 122 cm³/mol.